The summed E-state index contributed by atoms with van der Waals surface area (Å²) >= 11 is 0. The minimum absolute atomic E-state index is 0.195. The van der Waals surface area contributed by atoms with Gasteiger partial charge in [0.1, 0.15) is 0 Å². The monoisotopic (exact) mass is 356 g/mol. The van der Waals surface area contributed by atoms with Gasteiger partial charge < -0.3 is 9.80 Å². The number of benzene rings is 1. The first-order valence-electron chi connectivity index (χ1n) is 9.40. The lowest BCUT2D eigenvalue weighted by molar-refractivity contribution is -0.119. The Bertz CT molecular complexity index is 677. The van der Waals surface area contributed by atoms with Gasteiger partial charge in [0, 0.05) is 37.8 Å². The molecule has 1 aromatic carbocycles. The van der Waals surface area contributed by atoms with Crippen LogP contribution in [-0.2, 0) is 11.3 Å². The zero-order valence-electron chi connectivity index (χ0n) is 15.8. The van der Waals surface area contributed by atoms with Gasteiger partial charge in [0.25, 0.3) is 0 Å². The molecule has 0 spiro atoms. The third-order valence-electron chi connectivity index (χ3n) is 5.17. The van der Waals surface area contributed by atoms with E-state index in [2.05, 4.69) is 34.2 Å². The van der Waals surface area contributed by atoms with Crippen LogP contribution in [0.15, 0.2) is 36.7 Å². The van der Waals surface area contributed by atoms with Crippen molar-refractivity contribution >= 4 is 11.6 Å². The van der Waals surface area contributed by atoms with Gasteiger partial charge in [-0.2, -0.15) is 4.80 Å². The van der Waals surface area contributed by atoms with Crippen molar-refractivity contribution in [1.82, 2.24) is 25.1 Å². The van der Waals surface area contributed by atoms with Crippen LogP contribution in [0.4, 0.5) is 5.69 Å². The molecule has 2 atom stereocenters. The molecule has 2 unspecified atom stereocenters. The highest BCUT2D eigenvalue weighted by atomic mass is 16.2. The minimum Gasteiger partial charge on any atom is -0.309 e. The SMILES string of the molecule is CCC(=O)N(c1ccccc1)C1C(C)CN(CCn2ncnn2)CC1C. The van der Waals surface area contributed by atoms with Crippen molar-refractivity contribution in [3.05, 3.63) is 36.7 Å². The van der Waals surface area contributed by atoms with Crippen LogP contribution in [0.1, 0.15) is 27.2 Å². The normalized spacial score (nSPS) is 23.7. The van der Waals surface area contributed by atoms with Crippen LogP contribution in [0.2, 0.25) is 0 Å². The first-order valence-corrected chi connectivity index (χ1v) is 9.40. The molecule has 1 amide bonds. The smallest absolute Gasteiger partial charge is 0.226 e. The number of carbonyl (C=O) groups is 1. The highest BCUT2D eigenvalue weighted by Gasteiger charge is 2.38. The molecule has 2 heterocycles. The van der Waals surface area contributed by atoms with Gasteiger partial charge in [-0.3, -0.25) is 4.79 Å². The quantitative estimate of drug-likeness (QED) is 0.793. The van der Waals surface area contributed by atoms with Crippen molar-refractivity contribution < 1.29 is 4.79 Å². The second kappa shape index (κ2) is 8.40. The number of piperidine rings is 1. The predicted molar refractivity (Wildman–Crippen MR) is 101 cm³/mol. The van der Waals surface area contributed by atoms with Gasteiger partial charge in [0.2, 0.25) is 5.91 Å². The van der Waals surface area contributed by atoms with Crippen LogP contribution in [0.5, 0.6) is 0 Å². The molecular formula is C19H28N6O. The Balaban J connectivity index is 1.72. The molecule has 7 nitrogen and oxygen atoms in total. The molecule has 1 fully saturated rings. The molecular weight excluding hydrogens is 328 g/mol. The van der Waals surface area contributed by atoms with Crippen molar-refractivity contribution in [3.8, 4) is 0 Å². The lowest BCUT2D eigenvalue weighted by Crippen LogP contribution is -2.57. The summed E-state index contributed by atoms with van der Waals surface area (Å²) in [7, 11) is 0. The average Bonchev–Trinajstić information content (AvgIpc) is 3.16. The van der Waals surface area contributed by atoms with Crippen LogP contribution < -0.4 is 4.90 Å². The summed E-state index contributed by atoms with van der Waals surface area (Å²) in [5, 5.41) is 11.8. The lowest BCUT2D eigenvalue weighted by Gasteiger charge is -2.46. The second-order valence-electron chi connectivity index (χ2n) is 7.19. The zero-order valence-corrected chi connectivity index (χ0v) is 15.8. The highest BCUT2D eigenvalue weighted by Crippen LogP contribution is 2.31. The van der Waals surface area contributed by atoms with E-state index in [0.717, 1.165) is 31.9 Å². The summed E-state index contributed by atoms with van der Waals surface area (Å²) in [5.74, 6) is 0.969. The summed E-state index contributed by atoms with van der Waals surface area (Å²) in [6.45, 7) is 9.99. The number of likely N-dealkylation sites (tertiary alicyclic amines) is 1. The number of hydrogen-bond acceptors (Lipinski definition) is 5. The number of anilines is 1. The molecule has 1 aliphatic rings. The van der Waals surface area contributed by atoms with E-state index < -0.39 is 0 Å². The Kier molecular flexibility index (Phi) is 5.98. The van der Waals surface area contributed by atoms with Crippen LogP contribution in [0.25, 0.3) is 0 Å². The molecule has 0 saturated carbocycles. The molecule has 1 aromatic heterocycles. The van der Waals surface area contributed by atoms with E-state index in [1.807, 2.05) is 42.2 Å². The molecule has 0 N–H and O–H groups in total. The first-order chi connectivity index (χ1) is 12.6. The van der Waals surface area contributed by atoms with Crippen LogP contribution in [0.3, 0.4) is 0 Å². The van der Waals surface area contributed by atoms with Crippen molar-refractivity contribution in [1.29, 1.82) is 0 Å². The van der Waals surface area contributed by atoms with E-state index in [0.29, 0.717) is 18.3 Å². The van der Waals surface area contributed by atoms with Gasteiger partial charge in [-0.1, -0.05) is 39.0 Å². The van der Waals surface area contributed by atoms with Gasteiger partial charge in [-0.05, 0) is 29.2 Å². The van der Waals surface area contributed by atoms with Gasteiger partial charge in [0.15, 0.2) is 6.33 Å². The van der Waals surface area contributed by atoms with Crippen molar-refractivity contribution in [2.24, 2.45) is 11.8 Å². The number of aromatic nitrogens is 4. The maximum atomic E-state index is 12.8. The number of nitrogens with zero attached hydrogens (tertiary/aromatic N) is 6. The number of rotatable bonds is 6. The van der Waals surface area contributed by atoms with E-state index in [1.165, 1.54) is 6.33 Å². The Morgan fingerprint density at radius 3 is 2.42 bits per heavy atom. The van der Waals surface area contributed by atoms with E-state index in [4.69, 9.17) is 0 Å². The summed E-state index contributed by atoms with van der Waals surface area (Å²) in [6, 6.07) is 10.3. The molecule has 7 heteroatoms. The highest BCUT2D eigenvalue weighted by molar-refractivity contribution is 5.93. The fourth-order valence-corrected chi connectivity index (χ4v) is 4.12. The third kappa shape index (κ3) is 4.09. The predicted octanol–water partition coefficient (Wildman–Crippen LogP) is 2.07. The summed E-state index contributed by atoms with van der Waals surface area (Å²) in [5.41, 5.74) is 1.00. The van der Waals surface area contributed by atoms with Crippen molar-refractivity contribution in [2.45, 2.75) is 39.8 Å². The van der Waals surface area contributed by atoms with E-state index in [1.54, 1.807) is 4.80 Å². The second-order valence-corrected chi connectivity index (χ2v) is 7.19. The molecule has 2 aromatic rings. The van der Waals surface area contributed by atoms with Gasteiger partial charge in [-0.25, -0.2) is 0 Å². The largest absolute Gasteiger partial charge is 0.309 e. The van der Waals surface area contributed by atoms with Gasteiger partial charge >= 0.3 is 0 Å². The maximum absolute atomic E-state index is 12.8. The fraction of sp³-hybridized carbons (Fsp3) is 0.579. The molecule has 0 radical (unpaired) electrons. The number of amides is 1. The van der Waals surface area contributed by atoms with Crippen LogP contribution in [0, 0.1) is 11.8 Å². The molecule has 1 aliphatic heterocycles. The summed E-state index contributed by atoms with van der Waals surface area (Å²) in [4.78, 5) is 18.8. The molecule has 0 aliphatic carbocycles. The zero-order chi connectivity index (χ0) is 18.5. The summed E-state index contributed by atoms with van der Waals surface area (Å²) < 4.78 is 0. The topological polar surface area (TPSA) is 67.2 Å². The Hall–Kier alpha value is -2.28. The van der Waals surface area contributed by atoms with Crippen molar-refractivity contribution in [3.63, 3.8) is 0 Å². The molecule has 0 bridgehead atoms. The molecule has 1 saturated heterocycles. The molecule has 140 valence electrons. The van der Waals surface area contributed by atoms with Crippen molar-refractivity contribution in [2.75, 3.05) is 24.5 Å². The fourth-order valence-electron chi connectivity index (χ4n) is 4.12. The average molecular weight is 356 g/mol. The van der Waals surface area contributed by atoms with Gasteiger partial charge in [0.05, 0.1) is 6.54 Å². The summed E-state index contributed by atoms with van der Waals surface area (Å²) in [6.07, 6.45) is 1.98. The maximum Gasteiger partial charge on any atom is 0.226 e. The van der Waals surface area contributed by atoms with Gasteiger partial charge in [-0.15, -0.1) is 10.2 Å². The number of tetrazole rings is 1. The number of carbonyl (C=O) groups excluding carboxylic acids is 1. The molecule has 26 heavy (non-hydrogen) atoms. The number of hydrogen-bond donors (Lipinski definition) is 0. The Labute approximate surface area is 155 Å². The first kappa shape index (κ1) is 18.5. The third-order valence-corrected chi connectivity index (χ3v) is 5.17. The standard InChI is InChI=1S/C19H28N6O/c1-4-18(26)25(17-8-6-5-7-9-17)19-15(2)12-23(13-16(19)3)10-11-24-21-14-20-22-24/h5-9,14-16,19H,4,10-13H2,1-3H3. The van der Waals surface area contributed by atoms with E-state index in [9.17, 15) is 4.79 Å². The minimum atomic E-state index is 0.195. The van der Waals surface area contributed by atoms with Crippen LogP contribution >= 0.6 is 0 Å². The van der Waals surface area contributed by atoms with E-state index in [-0.39, 0.29) is 11.9 Å². The van der Waals surface area contributed by atoms with E-state index >= 15 is 0 Å². The van der Waals surface area contributed by atoms with Crippen LogP contribution in [-0.4, -0.2) is 56.7 Å². The Morgan fingerprint density at radius 2 is 1.85 bits per heavy atom. The molecule has 3 rings (SSSR count). The Morgan fingerprint density at radius 1 is 1.15 bits per heavy atom. The lowest BCUT2D eigenvalue weighted by atomic mass is 9.84. The number of para-hydroxylation sites is 1.